The zero-order chi connectivity index (χ0) is 18.2. The molecule has 1 aromatic carbocycles. The molecular weight excluding hydrogens is 324 g/mol. The second kappa shape index (κ2) is 9.01. The lowest BCUT2D eigenvalue weighted by Gasteiger charge is -2.35. The largest absolute Gasteiger partial charge is 0.376 e. The van der Waals surface area contributed by atoms with Crippen molar-refractivity contribution in [1.29, 1.82) is 5.26 Å². The van der Waals surface area contributed by atoms with Gasteiger partial charge in [-0.3, -0.25) is 9.59 Å². The molecule has 2 rings (SSSR count). The Kier molecular flexibility index (Phi) is 6.74. The summed E-state index contributed by atoms with van der Waals surface area (Å²) in [6.07, 6.45) is -0.902. The smallest absolute Gasteiger partial charge is 0.279 e. The molecule has 2 amide bonds. The van der Waals surface area contributed by atoms with Gasteiger partial charge in [0.1, 0.15) is 0 Å². The van der Waals surface area contributed by atoms with Crippen LogP contribution in [-0.4, -0.2) is 74.8 Å². The van der Waals surface area contributed by atoms with Crippen LogP contribution in [0.3, 0.4) is 0 Å². The molecular formula is C17H22N4O4. The van der Waals surface area contributed by atoms with Gasteiger partial charge in [0, 0.05) is 46.1 Å². The minimum atomic E-state index is -0.902. The number of ether oxygens (including phenoxy) is 2. The quantitative estimate of drug-likeness (QED) is 0.743. The van der Waals surface area contributed by atoms with Crippen molar-refractivity contribution in [1.82, 2.24) is 9.80 Å². The zero-order valence-corrected chi connectivity index (χ0v) is 14.4. The molecule has 0 unspecified atom stereocenters. The van der Waals surface area contributed by atoms with Gasteiger partial charge in [-0.05, 0) is 24.3 Å². The third kappa shape index (κ3) is 4.92. The van der Waals surface area contributed by atoms with Crippen LogP contribution in [-0.2, 0) is 19.1 Å². The Morgan fingerprint density at radius 2 is 1.68 bits per heavy atom. The van der Waals surface area contributed by atoms with Crippen LogP contribution in [0.1, 0.15) is 5.56 Å². The van der Waals surface area contributed by atoms with E-state index in [-0.39, 0.29) is 18.4 Å². The Hall–Kier alpha value is -2.63. The van der Waals surface area contributed by atoms with Crippen LogP contribution in [0.2, 0.25) is 0 Å². The van der Waals surface area contributed by atoms with E-state index in [4.69, 9.17) is 14.7 Å². The van der Waals surface area contributed by atoms with E-state index < -0.39 is 6.29 Å². The van der Waals surface area contributed by atoms with Gasteiger partial charge in [-0.1, -0.05) is 0 Å². The molecule has 8 nitrogen and oxygen atoms in total. The topological polar surface area (TPSA) is 94.9 Å². The summed E-state index contributed by atoms with van der Waals surface area (Å²) < 4.78 is 9.94. The second-order valence-corrected chi connectivity index (χ2v) is 5.55. The maximum atomic E-state index is 12.3. The molecule has 0 aliphatic carbocycles. The number of nitrogens with one attached hydrogen (secondary N) is 1. The van der Waals surface area contributed by atoms with Crippen molar-refractivity contribution in [2.75, 3.05) is 52.3 Å². The normalized spacial score (nSPS) is 14.3. The third-order valence-corrected chi connectivity index (χ3v) is 4.03. The Bertz CT molecular complexity index is 629. The molecule has 0 bridgehead atoms. The summed E-state index contributed by atoms with van der Waals surface area (Å²) in [6.45, 7) is 2.01. The van der Waals surface area contributed by atoms with Gasteiger partial charge in [0.25, 0.3) is 5.91 Å². The standard InChI is InChI=1S/C17H22N4O4/c1-24-17(25-2)16(23)21-9-7-20(8-10-21)15(22)12-19-14-5-3-13(11-18)4-6-14/h3-6,17,19H,7-10,12H2,1-2H3. The van der Waals surface area contributed by atoms with Gasteiger partial charge in [-0.2, -0.15) is 5.26 Å². The Labute approximate surface area is 146 Å². The molecule has 134 valence electrons. The minimum absolute atomic E-state index is 0.0357. The number of nitriles is 1. The molecule has 1 fully saturated rings. The predicted molar refractivity (Wildman–Crippen MR) is 90.6 cm³/mol. The molecule has 0 atom stereocenters. The fourth-order valence-electron chi connectivity index (χ4n) is 2.58. The Morgan fingerprint density at radius 3 is 2.20 bits per heavy atom. The van der Waals surface area contributed by atoms with E-state index in [1.807, 2.05) is 6.07 Å². The number of carbonyl (C=O) groups is 2. The fraction of sp³-hybridized carbons (Fsp3) is 0.471. The average Bonchev–Trinajstić information content (AvgIpc) is 2.67. The van der Waals surface area contributed by atoms with Crippen molar-refractivity contribution >= 4 is 17.5 Å². The van der Waals surface area contributed by atoms with Gasteiger partial charge in [-0.15, -0.1) is 0 Å². The van der Waals surface area contributed by atoms with E-state index >= 15 is 0 Å². The summed E-state index contributed by atoms with van der Waals surface area (Å²) in [4.78, 5) is 27.8. The van der Waals surface area contributed by atoms with E-state index in [2.05, 4.69) is 5.32 Å². The van der Waals surface area contributed by atoms with Crippen molar-refractivity contribution in [2.45, 2.75) is 6.29 Å². The molecule has 1 N–H and O–H groups in total. The highest BCUT2D eigenvalue weighted by molar-refractivity contribution is 5.82. The number of nitrogens with zero attached hydrogens (tertiary/aromatic N) is 3. The summed E-state index contributed by atoms with van der Waals surface area (Å²) >= 11 is 0. The van der Waals surface area contributed by atoms with Crippen LogP contribution < -0.4 is 5.32 Å². The molecule has 0 spiro atoms. The van der Waals surface area contributed by atoms with Gasteiger partial charge >= 0.3 is 0 Å². The number of hydrogen-bond acceptors (Lipinski definition) is 6. The summed E-state index contributed by atoms with van der Waals surface area (Å²) in [5.74, 6) is -0.265. The van der Waals surface area contributed by atoms with Crippen molar-refractivity contribution in [3.63, 3.8) is 0 Å². The van der Waals surface area contributed by atoms with E-state index in [0.717, 1.165) is 5.69 Å². The maximum Gasteiger partial charge on any atom is 0.279 e. The maximum absolute atomic E-state index is 12.3. The van der Waals surface area contributed by atoms with Gasteiger partial charge < -0.3 is 24.6 Å². The van der Waals surface area contributed by atoms with Crippen LogP contribution in [0, 0.1) is 11.3 Å². The molecule has 0 radical (unpaired) electrons. The number of methoxy groups -OCH3 is 2. The van der Waals surface area contributed by atoms with Crippen LogP contribution >= 0.6 is 0 Å². The highest BCUT2D eigenvalue weighted by Crippen LogP contribution is 2.10. The van der Waals surface area contributed by atoms with E-state index in [1.165, 1.54) is 14.2 Å². The highest BCUT2D eigenvalue weighted by Gasteiger charge is 2.28. The first kappa shape index (κ1) is 18.7. The van der Waals surface area contributed by atoms with Gasteiger partial charge in [0.2, 0.25) is 12.2 Å². The number of amides is 2. The van der Waals surface area contributed by atoms with Crippen molar-refractivity contribution in [3.8, 4) is 6.07 Å². The first-order valence-corrected chi connectivity index (χ1v) is 7.95. The fourth-order valence-corrected chi connectivity index (χ4v) is 2.58. The number of anilines is 1. The number of benzene rings is 1. The molecule has 8 heteroatoms. The molecule has 1 aliphatic rings. The summed E-state index contributed by atoms with van der Waals surface area (Å²) in [5.41, 5.74) is 1.35. The average molecular weight is 346 g/mol. The summed E-state index contributed by atoms with van der Waals surface area (Å²) in [6, 6.07) is 8.96. The lowest BCUT2D eigenvalue weighted by Crippen LogP contribution is -2.54. The first-order valence-electron chi connectivity index (χ1n) is 7.95. The van der Waals surface area contributed by atoms with Crippen molar-refractivity contribution in [2.24, 2.45) is 0 Å². The zero-order valence-electron chi connectivity index (χ0n) is 14.4. The van der Waals surface area contributed by atoms with Crippen LogP contribution in [0.25, 0.3) is 0 Å². The molecule has 1 heterocycles. The van der Waals surface area contributed by atoms with Crippen molar-refractivity contribution < 1.29 is 19.1 Å². The SMILES string of the molecule is COC(OC)C(=O)N1CCN(C(=O)CNc2ccc(C#N)cc2)CC1. The Balaban J connectivity index is 1.79. The summed E-state index contributed by atoms with van der Waals surface area (Å²) in [5, 5.41) is 11.8. The van der Waals surface area contributed by atoms with Crippen LogP contribution in [0.4, 0.5) is 5.69 Å². The number of hydrogen-bond donors (Lipinski definition) is 1. The highest BCUT2D eigenvalue weighted by atomic mass is 16.7. The molecule has 0 saturated carbocycles. The Morgan fingerprint density at radius 1 is 1.12 bits per heavy atom. The predicted octanol–water partition coefficient (Wildman–Crippen LogP) is 0.260. The van der Waals surface area contributed by atoms with Crippen LogP contribution in [0.15, 0.2) is 24.3 Å². The van der Waals surface area contributed by atoms with Crippen LogP contribution in [0.5, 0.6) is 0 Å². The second-order valence-electron chi connectivity index (χ2n) is 5.55. The first-order chi connectivity index (χ1) is 12.1. The molecule has 0 aromatic heterocycles. The van der Waals surface area contributed by atoms with Gasteiger partial charge in [0.15, 0.2) is 0 Å². The monoisotopic (exact) mass is 346 g/mol. The third-order valence-electron chi connectivity index (χ3n) is 4.03. The van der Waals surface area contributed by atoms with E-state index in [1.54, 1.807) is 34.1 Å². The molecule has 1 saturated heterocycles. The van der Waals surface area contributed by atoms with Crippen molar-refractivity contribution in [3.05, 3.63) is 29.8 Å². The lowest BCUT2D eigenvalue weighted by atomic mass is 10.2. The minimum Gasteiger partial charge on any atom is -0.376 e. The van der Waals surface area contributed by atoms with Gasteiger partial charge in [0.05, 0.1) is 18.2 Å². The molecule has 25 heavy (non-hydrogen) atoms. The lowest BCUT2D eigenvalue weighted by molar-refractivity contribution is -0.172. The van der Waals surface area contributed by atoms with E-state index in [9.17, 15) is 9.59 Å². The number of rotatable bonds is 6. The molecule has 1 aliphatic heterocycles. The number of carbonyl (C=O) groups excluding carboxylic acids is 2. The van der Waals surface area contributed by atoms with E-state index in [0.29, 0.717) is 31.7 Å². The number of piperazine rings is 1. The van der Waals surface area contributed by atoms with Gasteiger partial charge in [-0.25, -0.2) is 0 Å². The summed E-state index contributed by atoms with van der Waals surface area (Å²) in [7, 11) is 2.83. The molecule has 1 aromatic rings.